The summed E-state index contributed by atoms with van der Waals surface area (Å²) in [7, 11) is 5.45. The molecule has 0 aromatic carbocycles. The molecule has 1 heterocycles. The average molecular weight is 230 g/mol. The van der Waals surface area contributed by atoms with Crippen LogP contribution < -0.4 is 0 Å². The lowest BCUT2D eigenvalue weighted by atomic mass is 9.94. The van der Waals surface area contributed by atoms with Gasteiger partial charge in [0.1, 0.15) is 0 Å². The first-order valence-corrected chi connectivity index (χ1v) is 5.62. The van der Waals surface area contributed by atoms with E-state index in [0.29, 0.717) is 39.1 Å². The van der Waals surface area contributed by atoms with Crippen molar-refractivity contribution in [1.29, 1.82) is 0 Å². The van der Waals surface area contributed by atoms with Gasteiger partial charge in [0, 0.05) is 39.6 Å². The topological polar surface area (TPSA) is 53.0 Å². The average Bonchev–Trinajstić information content (AvgIpc) is 2.16. The van der Waals surface area contributed by atoms with Crippen LogP contribution in [0.3, 0.4) is 0 Å². The number of ether oxygens (including phenoxy) is 1. The number of likely N-dealkylation sites (N-methyl/N-ethyl adjacent to an activating group) is 2. The zero-order chi connectivity index (χ0) is 12.2. The molecule has 0 aromatic rings. The van der Waals surface area contributed by atoms with E-state index >= 15 is 0 Å². The van der Waals surface area contributed by atoms with Crippen molar-refractivity contribution in [3.8, 4) is 0 Å². The number of carbonyl (C=O) groups is 1. The molecule has 0 atom stereocenters. The van der Waals surface area contributed by atoms with E-state index in [4.69, 9.17) is 4.74 Å². The van der Waals surface area contributed by atoms with Gasteiger partial charge in [-0.15, -0.1) is 0 Å². The first-order chi connectivity index (χ1) is 7.43. The minimum absolute atomic E-state index is 0.0323. The molecule has 0 unspecified atom stereocenters. The molecule has 0 spiro atoms. The van der Waals surface area contributed by atoms with Crippen LogP contribution in [0.25, 0.3) is 0 Å². The summed E-state index contributed by atoms with van der Waals surface area (Å²) in [6.07, 6.45) is 1.21. The van der Waals surface area contributed by atoms with Gasteiger partial charge in [-0.05, 0) is 14.1 Å². The van der Waals surface area contributed by atoms with Gasteiger partial charge in [-0.3, -0.25) is 4.79 Å². The van der Waals surface area contributed by atoms with Crippen molar-refractivity contribution in [3.05, 3.63) is 0 Å². The van der Waals surface area contributed by atoms with Crippen molar-refractivity contribution in [3.63, 3.8) is 0 Å². The van der Waals surface area contributed by atoms with Crippen LogP contribution in [0.4, 0.5) is 0 Å². The highest BCUT2D eigenvalue weighted by Crippen LogP contribution is 2.21. The molecule has 1 fully saturated rings. The SMILES string of the molecule is CN(C)CC(=O)N(C)CC1(O)CCOCC1. The van der Waals surface area contributed by atoms with Crippen LogP contribution in [0.5, 0.6) is 0 Å². The van der Waals surface area contributed by atoms with Gasteiger partial charge >= 0.3 is 0 Å². The lowest BCUT2D eigenvalue weighted by Gasteiger charge is -2.35. The maximum atomic E-state index is 11.7. The maximum absolute atomic E-state index is 11.7. The molecule has 0 bridgehead atoms. The molecule has 1 rings (SSSR count). The van der Waals surface area contributed by atoms with Gasteiger partial charge < -0.3 is 19.6 Å². The highest BCUT2D eigenvalue weighted by atomic mass is 16.5. The molecular weight excluding hydrogens is 208 g/mol. The Morgan fingerprint density at radius 2 is 1.88 bits per heavy atom. The van der Waals surface area contributed by atoms with Crippen molar-refractivity contribution in [1.82, 2.24) is 9.80 Å². The largest absolute Gasteiger partial charge is 0.388 e. The second kappa shape index (κ2) is 5.61. The van der Waals surface area contributed by atoms with Crippen LogP contribution in [-0.4, -0.2) is 73.9 Å². The van der Waals surface area contributed by atoms with E-state index in [-0.39, 0.29) is 5.91 Å². The molecular formula is C11H22N2O3. The Morgan fingerprint density at radius 1 is 1.31 bits per heavy atom. The van der Waals surface area contributed by atoms with E-state index in [1.807, 2.05) is 19.0 Å². The molecule has 1 amide bonds. The molecule has 0 radical (unpaired) electrons. The van der Waals surface area contributed by atoms with E-state index in [1.54, 1.807) is 11.9 Å². The predicted octanol–water partition coefficient (Wildman–Crippen LogP) is -0.452. The second-order valence-electron chi connectivity index (χ2n) is 4.82. The molecule has 94 valence electrons. The molecule has 5 nitrogen and oxygen atoms in total. The Hall–Kier alpha value is -0.650. The van der Waals surface area contributed by atoms with Crippen molar-refractivity contribution in [2.75, 3.05) is 47.4 Å². The van der Waals surface area contributed by atoms with Gasteiger partial charge in [0.15, 0.2) is 0 Å². The molecule has 1 N–H and O–H groups in total. The van der Waals surface area contributed by atoms with Crippen molar-refractivity contribution < 1.29 is 14.6 Å². The minimum atomic E-state index is -0.769. The predicted molar refractivity (Wildman–Crippen MR) is 61.2 cm³/mol. The molecule has 1 saturated heterocycles. The quantitative estimate of drug-likeness (QED) is 0.710. The van der Waals surface area contributed by atoms with Crippen LogP contribution in [0, 0.1) is 0 Å². The number of hydrogen-bond acceptors (Lipinski definition) is 4. The summed E-state index contributed by atoms with van der Waals surface area (Å²) < 4.78 is 5.20. The number of carbonyl (C=O) groups excluding carboxylic acids is 1. The highest BCUT2D eigenvalue weighted by Gasteiger charge is 2.32. The Labute approximate surface area is 97.0 Å². The zero-order valence-electron chi connectivity index (χ0n) is 10.4. The standard InChI is InChI=1S/C11H22N2O3/c1-12(2)8-10(14)13(3)9-11(15)4-6-16-7-5-11/h15H,4-9H2,1-3H3. The summed E-state index contributed by atoms with van der Waals surface area (Å²) in [6, 6.07) is 0. The third-order valence-corrected chi connectivity index (χ3v) is 2.83. The second-order valence-corrected chi connectivity index (χ2v) is 4.82. The molecule has 16 heavy (non-hydrogen) atoms. The van der Waals surface area contributed by atoms with Gasteiger partial charge in [0.05, 0.1) is 12.1 Å². The van der Waals surface area contributed by atoms with Gasteiger partial charge in [-0.1, -0.05) is 0 Å². The number of amides is 1. The van der Waals surface area contributed by atoms with Crippen LogP contribution in [-0.2, 0) is 9.53 Å². The summed E-state index contributed by atoms with van der Waals surface area (Å²) in [5.74, 6) is 0.0323. The van der Waals surface area contributed by atoms with E-state index in [1.165, 1.54) is 0 Å². The fourth-order valence-electron chi connectivity index (χ4n) is 1.83. The van der Waals surface area contributed by atoms with E-state index in [0.717, 1.165) is 0 Å². The summed E-state index contributed by atoms with van der Waals surface area (Å²) in [4.78, 5) is 15.1. The highest BCUT2D eigenvalue weighted by molar-refractivity contribution is 5.78. The third kappa shape index (κ3) is 4.08. The smallest absolute Gasteiger partial charge is 0.236 e. The number of rotatable bonds is 4. The van der Waals surface area contributed by atoms with Gasteiger partial charge in [0.2, 0.25) is 5.91 Å². The Morgan fingerprint density at radius 3 is 2.38 bits per heavy atom. The minimum Gasteiger partial charge on any atom is -0.388 e. The lowest BCUT2D eigenvalue weighted by molar-refractivity contribution is -0.137. The van der Waals surface area contributed by atoms with Crippen LogP contribution in [0.15, 0.2) is 0 Å². The normalized spacial score (nSPS) is 19.8. The van der Waals surface area contributed by atoms with Gasteiger partial charge in [-0.25, -0.2) is 0 Å². The Balaban J connectivity index is 2.42. The summed E-state index contributed by atoms with van der Waals surface area (Å²) in [5.41, 5.74) is -0.769. The Kier molecular flexibility index (Phi) is 4.70. The van der Waals surface area contributed by atoms with Gasteiger partial charge in [0.25, 0.3) is 0 Å². The molecule has 5 heteroatoms. The first-order valence-electron chi connectivity index (χ1n) is 5.62. The third-order valence-electron chi connectivity index (χ3n) is 2.83. The van der Waals surface area contributed by atoms with Crippen molar-refractivity contribution >= 4 is 5.91 Å². The molecule has 0 aliphatic carbocycles. The molecule has 0 saturated carbocycles. The van der Waals surface area contributed by atoms with Crippen LogP contribution in [0.1, 0.15) is 12.8 Å². The molecule has 1 aliphatic heterocycles. The van der Waals surface area contributed by atoms with Crippen LogP contribution >= 0.6 is 0 Å². The summed E-state index contributed by atoms with van der Waals surface area (Å²) in [6.45, 7) is 1.92. The number of aliphatic hydroxyl groups is 1. The van der Waals surface area contributed by atoms with E-state index < -0.39 is 5.60 Å². The fourth-order valence-corrected chi connectivity index (χ4v) is 1.83. The molecule has 0 aromatic heterocycles. The van der Waals surface area contributed by atoms with E-state index in [2.05, 4.69) is 0 Å². The van der Waals surface area contributed by atoms with E-state index in [9.17, 15) is 9.90 Å². The Bertz CT molecular complexity index is 237. The number of hydrogen-bond donors (Lipinski definition) is 1. The first kappa shape index (κ1) is 13.4. The van der Waals surface area contributed by atoms with Gasteiger partial charge in [-0.2, -0.15) is 0 Å². The fraction of sp³-hybridized carbons (Fsp3) is 0.909. The lowest BCUT2D eigenvalue weighted by Crippen LogP contribution is -2.48. The van der Waals surface area contributed by atoms with Crippen molar-refractivity contribution in [2.45, 2.75) is 18.4 Å². The monoisotopic (exact) mass is 230 g/mol. The summed E-state index contributed by atoms with van der Waals surface area (Å²) in [5, 5.41) is 10.2. The maximum Gasteiger partial charge on any atom is 0.236 e. The van der Waals surface area contributed by atoms with Crippen LogP contribution in [0.2, 0.25) is 0 Å². The number of nitrogens with zero attached hydrogens (tertiary/aromatic N) is 2. The summed E-state index contributed by atoms with van der Waals surface area (Å²) >= 11 is 0. The van der Waals surface area contributed by atoms with Crippen molar-refractivity contribution in [2.24, 2.45) is 0 Å². The molecule has 1 aliphatic rings. The zero-order valence-corrected chi connectivity index (χ0v) is 10.4.